The fourth-order valence-electron chi connectivity index (χ4n) is 4.65. The van der Waals surface area contributed by atoms with Crippen LogP contribution < -0.4 is 4.74 Å². The zero-order chi connectivity index (χ0) is 20.8. The fraction of sp³-hybridized carbons (Fsp3) is 0.478. The number of benzene rings is 2. The molecule has 4 rings (SSSR count). The third-order valence-corrected chi connectivity index (χ3v) is 6.78. The van der Waals surface area contributed by atoms with Gasteiger partial charge in [-0.25, -0.2) is 0 Å². The van der Waals surface area contributed by atoms with Crippen LogP contribution in [0.3, 0.4) is 0 Å². The summed E-state index contributed by atoms with van der Waals surface area (Å²) in [6.07, 6.45) is -2.07. The lowest BCUT2D eigenvalue weighted by Gasteiger charge is -2.36. The quantitative estimate of drug-likeness (QED) is 0.671. The van der Waals surface area contributed by atoms with Gasteiger partial charge in [-0.05, 0) is 54.2 Å². The van der Waals surface area contributed by atoms with E-state index in [0.717, 1.165) is 22.4 Å². The maximum absolute atomic E-state index is 10.6. The first-order chi connectivity index (χ1) is 13.9. The predicted octanol–water partition coefficient (Wildman–Crippen LogP) is 3.12. The first-order valence-corrected chi connectivity index (χ1v) is 10.4. The minimum Gasteiger partial charge on any atom is -0.494 e. The van der Waals surface area contributed by atoms with Crippen LogP contribution in [0.2, 0.25) is 5.02 Å². The van der Waals surface area contributed by atoms with E-state index in [1.54, 1.807) is 6.07 Å². The van der Waals surface area contributed by atoms with Crippen LogP contribution in [-0.2, 0) is 11.2 Å². The topological polar surface area (TPSA) is 79.2 Å². The van der Waals surface area contributed by atoms with Crippen molar-refractivity contribution < 1.29 is 24.8 Å². The summed E-state index contributed by atoms with van der Waals surface area (Å²) in [6, 6.07) is 13.4. The van der Waals surface area contributed by atoms with Crippen molar-refractivity contribution in [2.45, 2.75) is 44.2 Å². The molecule has 2 fully saturated rings. The molecular formula is C23H27ClO5. The van der Waals surface area contributed by atoms with Crippen LogP contribution in [0, 0.1) is 11.8 Å². The molecule has 1 saturated heterocycles. The van der Waals surface area contributed by atoms with E-state index in [9.17, 15) is 15.3 Å². The first kappa shape index (κ1) is 20.6. The molecule has 0 bridgehead atoms. The van der Waals surface area contributed by atoms with E-state index < -0.39 is 23.9 Å². The summed E-state index contributed by atoms with van der Waals surface area (Å²) in [5.74, 6) is 0.582. The van der Waals surface area contributed by atoms with E-state index in [1.165, 1.54) is 0 Å². The van der Waals surface area contributed by atoms with Gasteiger partial charge >= 0.3 is 0 Å². The average molecular weight is 419 g/mol. The highest BCUT2D eigenvalue weighted by Gasteiger charge is 2.71. The van der Waals surface area contributed by atoms with Gasteiger partial charge in [-0.1, -0.05) is 42.8 Å². The van der Waals surface area contributed by atoms with Crippen molar-refractivity contribution in [2.24, 2.45) is 11.8 Å². The summed E-state index contributed by atoms with van der Waals surface area (Å²) in [5, 5.41) is 31.6. The highest BCUT2D eigenvalue weighted by Crippen LogP contribution is 2.61. The molecule has 5 nitrogen and oxygen atoms in total. The largest absolute Gasteiger partial charge is 0.494 e. The summed E-state index contributed by atoms with van der Waals surface area (Å²) in [7, 11) is 0. The van der Waals surface area contributed by atoms with Crippen LogP contribution in [0.4, 0.5) is 0 Å². The van der Waals surface area contributed by atoms with Crippen LogP contribution in [-0.4, -0.2) is 46.3 Å². The molecule has 3 N–H and O–H groups in total. The Morgan fingerprint density at radius 3 is 2.48 bits per heavy atom. The third kappa shape index (κ3) is 3.56. The Morgan fingerprint density at radius 1 is 1.10 bits per heavy atom. The molecule has 1 heterocycles. The molecule has 1 aliphatic heterocycles. The molecule has 0 amide bonds. The van der Waals surface area contributed by atoms with Crippen molar-refractivity contribution in [2.75, 3.05) is 13.2 Å². The Morgan fingerprint density at radius 2 is 1.83 bits per heavy atom. The Bertz CT molecular complexity index is 870. The van der Waals surface area contributed by atoms with E-state index in [0.29, 0.717) is 18.1 Å². The summed E-state index contributed by atoms with van der Waals surface area (Å²) < 4.78 is 11.6. The van der Waals surface area contributed by atoms with Crippen molar-refractivity contribution in [3.05, 3.63) is 64.2 Å². The van der Waals surface area contributed by atoms with Gasteiger partial charge in [0.1, 0.15) is 23.6 Å². The summed E-state index contributed by atoms with van der Waals surface area (Å²) in [5.41, 5.74) is 1.95. The van der Waals surface area contributed by atoms with E-state index in [1.807, 2.05) is 50.2 Å². The van der Waals surface area contributed by atoms with Gasteiger partial charge in [0.05, 0.1) is 19.3 Å². The zero-order valence-electron chi connectivity index (χ0n) is 16.6. The maximum atomic E-state index is 10.6. The van der Waals surface area contributed by atoms with Crippen LogP contribution in [0.5, 0.6) is 5.75 Å². The number of fused-ring (bicyclic) bond motifs is 1. The first-order valence-electron chi connectivity index (χ1n) is 10.1. The number of hydrogen-bond donors (Lipinski definition) is 3. The minimum absolute atomic E-state index is 0.00206. The molecular weight excluding hydrogens is 392 g/mol. The highest BCUT2D eigenvalue weighted by atomic mass is 35.5. The van der Waals surface area contributed by atoms with Gasteiger partial charge in [-0.3, -0.25) is 0 Å². The van der Waals surface area contributed by atoms with Crippen molar-refractivity contribution in [3.63, 3.8) is 0 Å². The summed E-state index contributed by atoms with van der Waals surface area (Å²) in [4.78, 5) is 0. The van der Waals surface area contributed by atoms with Crippen molar-refractivity contribution in [3.8, 4) is 5.75 Å². The highest BCUT2D eigenvalue weighted by molar-refractivity contribution is 6.31. The molecule has 0 spiro atoms. The maximum Gasteiger partial charge on any atom is 0.119 e. The molecule has 6 unspecified atom stereocenters. The molecule has 156 valence electrons. The second kappa shape index (κ2) is 7.89. The standard InChI is InChI=1S/C23H27ClO5/c1-3-28-17-7-4-14(5-8-17)10-16-11-15(6-9-18(16)24)22-21(27)20(26)19-13(2)23(19,12-25)29-22/h4-9,11,13,19-22,25-27H,3,10,12H2,1-2H3. The molecule has 0 radical (unpaired) electrons. The predicted molar refractivity (Wildman–Crippen MR) is 110 cm³/mol. The monoisotopic (exact) mass is 418 g/mol. The van der Waals surface area contributed by atoms with Gasteiger partial charge in [0, 0.05) is 10.9 Å². The second-order valence-corrected chi connectivity index (χ2v) is 8.46. The minimum atomic E-state index is -1.05. The zero-order valence-corrected chi connectivity index (χ0v) is 17.3. The molecule has 1 saturated carbocycles. The van der Waals surface area contributed by atoms with Crippen LogP contribution in [0.1, 0.15) is 36.6 Å². The molecule has 29 heavy (non-hydrogen) atoms. The summed E-state index contributed by atoms with van der Waals surface area (Å²) in [6.45, 7) is 4.32. The SMILES string of the molecule is CCOc1ccc(Cc2cc(C3OC4(CO)C(C)C4C(O)C3O)ccc2Cl)cc1. The molecule has 6 heteroatoms. The molecule has 2 aromatic rings. The molecule has 0 aromatic heterocycles. The van der Waals surface area contributed by atoms with Crippen LogP contribution >= 0.6 is 11.6 Å². The third-order valence-electron chi connectivity index (χ3n) is 6.41. The number of aliphatic hydroxyl groups is 3. The Balaban J connectivity index is 1.58. The lowest BCUT2D eigenvalue weighted by Crippen LogP contribution is -2.46. The van der Waals surface area contributed by atoms with E-state index in [2.05, 4.69) is 0 Å². The Hall–Kier alpha value is -1.63. The number of ether oxygens (including phenoxy) is 2. The fourth-order valence-corrected chi connectivity index (χ4v) is 4.84. The smallest absolute Gasteiger partial charge is 0.119 e. The van der Waals surface area contributed by atoms with Gasteiger partial charge in [-0.2, -0.15) is 0 Å². The van der Waals surface area contributed by atoms with Crippen LogP contribution in [0.25, 0.3) is 0 Å². The van der Waals surface area contributed by atoms with Gasteiger partial charge in [0.25, 0.3) is 0 Å². The van der Waals surface area contributed by atoms with Crippen LogP contribution in [0.15, 0.2) is 42.5 Å². The lowest BCUT2D eigenvalue weighted by molar-refractivity contribution is -0.187. The van der Waals surface area contributed by atoms with Gasteiger partial charge in [0.15, 0.2) is 0 Å². The normalized spacial score (nSPS) is 33.2. The van der Waals surface area contributed by atoms with Crippen molar-refractivity contribution in [1.29, 1.82) is 0 Å². The van der Waals surface area contributed by atoms with Gasteiger partial charge in [-0.15, -0.1) is 0 Å². The Kier molecular flexibility index (Phi) is 5.62. The van der Waals surface area contributed by atoms with E-state index in [4.69, 9.17) is 21.1 Å². The number of halogens is 1. The number of hydrogen-bond acceptors (Lipinski definition) is 5. The summed E-state index contributed by atoms with van der Waals surface area (Å²) >= 11 is 6.43. The number of rotatable bonds is 6. The number of aliphatic hydroxyl groups excluding tert-OH is 3. The molecule has 2 aliphatic rings. The molecule has 1 aliphatic carbocycles. The molecule has 2 aromatic carbocycles. The second-order valence-electron chi connectivity index (χ2n) is 8.05. The van der Waals surface area contributed by atoms with Crippen molar-refractivity contribution >= 4 is 11.6 Å². The molecule has 6 atom stereocenters. The lowest BCUT2D eigenvalue weighted by atomic mass is 9.91. The van der Waals surface area contributed by atoms with Gasteiger partial charge in [0.2, 0.25) is 0 Å². The van der Waals surface area contributed by atoms with Gasteiger partial charge < -0.3 is 24.8 Å². The van der Waals surface area contributed by atoms with Crippen molar-refractivity contribution in [1.82, 2.24) is 0 Å². The van der Waals surface area contributed by atoms with E-state index >= 15 is 0 Å². The van der Waals surface area contributed by atoms with E-state index in [-0.39, 0.29) is 18.4 Å². The average Bonchev–Trinajstić information content (AvgIpc) is 3.32. The Labute approximate surface area is 175 Å².